The molecule has 0 aliphatic carbocycles. The highest BCUT2D eigenvalue weighted by Crippen LogP contribution is 2.27. The minimum absolute atomic E-state index is 0.0816. The highest BCUT2D eigenvalue weighted by atomic mass is 32.2. The molecule has 0 N–H and O–H groups in total. The van der Waals surface area contributed by atoms with Crippen molar-refractivity contribution in [2.24, 2.45) is 0 Å². The van der Waals surface area contributed by atoms with Crippen LogP contribution in [-0.2, 0) is 21.2 Å². The summed E-state index contributed by atoms with van der Waals surface area (Å²) in [5.74, 6) is 0.209. The molecule has 1 aromatic rings. The quantitative estimate of drug-likeness (QED) is 0.809. The summed E-state index contributed by atoms with van der Waals surface area (Å²) in [5.41, 5.74) is 1.81. The number of amides is 1. The molecule has 1 saturated heterocycles. The Kier molecular flexibility index (Phi) is 5.75. The summed E-state index contributed by atoms with van der Waals surface area (Å²) >= 11 is 0. The van der Waals surface area contributed by atoms with Gasteiger partial charge in [0, 0.05) is 50.9 Å². The Hall–Kier alpha value is -1.47. The normalized spacial score (nSPS) is 19.5. The molecule has 2 heterocycles. The Morgan fingerprint density at radius 1 is 1.39 bits per heavy atom. The molecule has 0 spiro atoms. The summed E-state index contributed by atoms with van der Waals surface area (Å²) in [4.78, 5) is 17.9. The van der Waals surface area contributed by atoms with Crippen molar-refractivity contribution in [3.63, 3.8) is 0 Å². The zero-order valence-corrected chi connectivity index (χ0v) is 14.8. The minimum Gasteiger partial charge on any atom is -0.349 e. The molecule has 7 heteroatoms. The van der Waals surface area contributed by atoms with Gasteiger partial charge in [0.2, 0.25) is 15.9 Å². The van der Waals surface area contributed by atoms with Crippen molar-refractivity contribution in [1.82, 2.24) is 14.2 Å². The third kappa shape index (κ3) is 5.00. The van der Waals surface area contributed by atoms with Crippen molar-refractivity contribution in [3.05, 3.63) is 29.6 Å². The summed E-state index contributed by atoms with van der Waals surface area (Å²) in [7, 11) is 0.336. The minimum atomic E-state index is -3.15. The number of piperidine rings is 1. The Balaban J connectivity index is 2.05. The first kappa shape index (κ1) is 17.9. The molecular formula is C16H25N3O3S. The van der Waals surface area contributed by atoms with Crippen molar-refractivity contribution < 1.29 is 13.2 Å². The van der Waals surface area contributed by atoms with Gasteiger partial charge in [0.05, 0.1) is 6.26 Å². The van der Waals surface area contributed by atoms with Crippen molar-refractivity contribution in [3.8, 4) is 0 Å². The van der Waals surface area contributed by atoms with E-state index in [1.165, 1.54) is 10.6 Å². The van der Waals surface area contributed by atoms with Gasteiger partial charge in [-0.25, -0.2) is 12.7 Å². The van der Waals surface area contributed by atoms with E-state index < -0.39 is 10.0 Å². The van der Waals surface area contributed by atoms with Crippen LogP contribution in [0, 0.1) is 0 Å². The number of sulfonamides is 1. The number of carbonyl (C=O) groups is 1. The average molecular weight is 339 g/mol. The maximum Gasteiger partial charge on any atom is 0.222 e. The molecule has 1 aromatic heterocycles. The van der Waals surface area contributed by atoms with Gasteiger partial charge in [0.25, 0.3) is 0 Å². The lowest BCUT2D eigenvalue weighted by Gasteiger charge is -2.30. The van der Waals surface area contributed by atoms with Crippen molar-refractivity contribution >= 4 is 15.9 Å². The molecule has 1 aliphatic rings. The fourth-order valence-electron chi connectivity index (χ4n) is 2.81. The van der Waals surface area contributed by atoms with Gasteiger partial charge < -0.3 is 4.90 Å². The zero-order valence-electron chi connectivity index (χ0n) is 14.0. The number of hydrogen-bond donors (Lipinski definition) is 0. The van der Waals surface area contributed by atoms with Crippen LogP contribution in [-0.4, -0.2) is 62.0 Å². The first-order chi connectivity index (χ1) is 10.8. The molecule has 1 aliphatic heterocycles. The van der Waals surface area contributed by atoms with Crippen molar-refractivity contribution in [1.29, 1.82) is 0 Å². The topological polar surface area (TPSA) is 70.6 Å². The largest absolute Gasteiger partial charge is 0.349 e. The second-order valence-corrected chi connectivity index (χ2v) is 8.28. The second kappa shape index (κ2) is 7.40. The Morgan fingerprint density at radius 2 is 2.13 bits per heavy atom. The van der Waals surface area contributed by atoms with Gasteiger partial charge in [0.1, 0.15) is 0 Å². The van der Waals surface area contributed by atoms with Gasteiger partial charge in [-0.2, -0.15) is 0 Å². The molecule has 0 radical (unpaired) electrons. The first-order valence-electron chi connectivity index (χ1n) is 7.88. The standard InChI is InChI=1S/C16H25N3O3S/c1-18(2)16(20)10-9-14-7-4-8-15(17-14)13-6-5-11-19(12-13)23(3,21)22/h4,7-8,13H,5-6,9-12H2,1-3H3/t13-/m0/s1. The Morgan fingerprint density at radius 3 is 2.78 bits per heavy atom. The van der Waals surface area contributed by atoms with Gasteiger partial charge in [-0.3, -0.25) is 9.78 Å². The molecule has 2 rings (SSSR count). The SMILES string of the molecule is CN(C)C(=O)CCc1cccc([C@H]2CCCN(S(C)(=O)=O)C2)n1. The van der Waals surface area contributed by atoms with Crippen LogP contribution >= 0.6 is 0 Å². The van der Waals surface area contributed by atoms with E-state index >= 15 is 0 Å². The van der Waals surface area contributed by atoms with E-state index in [1.54, 1.807) is 19.0 Å². The fraction of sp³-hybridized carbons (Fsp3) is 0.625. The second-order valence-electron chi connectivity index (χ2n) is 6.30. The van der Waals surface area contributed by atoms with E-state index in [9.17, 15) is 13.2 Å². The number of pyridine rings is 1. The van der Waals surface area contributed by atoms with Crippen LogP contribution in [0.2, 0.25) is 0 Å². The van der Waals surface area contributed by atoms with Crippen LogP contribution in [0.5, 0.6) is 0 Å². The molecule has 0 saturated carbocycles. The maximum absolute atomic E-state index is 11.7. The summed E-state index contributed by atoms with van der Waals surface area (Å²) in [5, 5.41) is 0. The number of nitrogens with zero attached hydrogens (tertiary/aromatic N) is 3. The predicted molar refractivity (Wildman–Crippen MR) is 89.6 cm³/mol. The average Bonchev–Trinajstić information content (AvgIpc) is 2.52. The zero-order chi connectivity index (χ0) is 17.0. The number of hydrogen-bond acceptors (Lipinski definition) is 4. The molecular weight excluding hydrogens is 314 g/mol. The predicted octanol–water partition coefficient (Wildman–Crippen LogP) is 1.24. The number of aromatic nitrogens is 1. The molecule has 23 heavy (non-hydrogen) atoms. The molecule has 0 unspecified atom stereocenters. The molecule has 6 nitrogen and oxygen atoms in total. The van der Waals surface area contributed by atoms with E-state index in [2.05, 4.69) is 4.98 Å². The fourth-order valence-corrected chi connectivity index (χ4v) is 3.72. The summed E-state index contributed by atoms with van der Waals surface area (Å²) < 4.78 is 25.0. The van der Waals surface area contributed by atoms with E-state index in [4.69, 9.17) is 0 Å². The summed E-state index contributed by atoms with van der Waals surface area (Å²) in [6.45, 7) is 1.08. The van der Waals surface area contributed by atoms with E-state index in [0.29, 0.717) is 25.9 Å². The van der Waals surface area contributed by atoms with Gasteiger partial charge in [0.15, 0.2) is 0 Å². The van der Waals surface area contributed by atoms with E-state index in [-0.39, 0.29) is 11.8 Å². The molecule has 1 fully saturated rings. The lowest BCUT2D eigenvalue weighted by atomic mass is 9.95. The monoisotopic (exact) mass is 339 g/mol. The van der Waals surface area contributed by atoms with Crippen LogP contribution < -0.4 is 0 Å². The number of carbonyl (C=O) groups excluding carboxylic acids is 1. The molecule has 1 amide bonds. The maximum atomic E-state index is 11.7. The smallest absolute Gasteiger partial charge is 0.222 e. The van der Waals surface area contributed by atoms with Crippen LogP contribution in [0.1, 0.15) is 36.6 Å². The number of aryl methyl sites for hydroxylation is 1. The first-order valence-corrected chi connectivity index (χ1v) is 9.73. The van der Waals surface area contributed by atoms with Crippen LogP contribution in [0.15, 0.2) is 18.2 Å². The molecule has 0 aromatic carbocycles. The molecule has 128 valence electrons. The number of rotatable bonds is 5. The lowest BCUT2D eigenvalue weighted by Crippen LogP contribution is -2.38. The Bertz CT molecular complexity index is 658. The van der Waals surface area contributed by atoms with Crippen LogP contribution in [0.25, 0.3) is 0 Å². The Labute approximate surface area is 138 Å². The third-order valence-electron chi connectivity index (χ3n) is 4.19. The van der Waals surface area contributed by atoms with Crippen LogP contribution in [0.3, 0.4) is 0 Å². The summed E-state index contributed by atoms with van der Waals surface area (Å²) in [6, 6.07) is 5.81. The van der Waals surface area contributed by atoms with Gasteiger partial charge in [-0.05, 0) is 31.4 Å². The van der Waals surface area contributed by atoms with E-state index in [0.717, 1.165) is 24.2 Å². The van der Waals surface area contributed by atoms with E-state index in [1.807, 2.05) is 18.2 Å². The van der Waals surface area contributed by atoms with Crippen molar-refractivity contribution in [2.45, 2.75) is 31.6 Å². The molecule has 1 atom stereocenters. The van der Waals surface area contributed by atoms with Crippen molar-refractivity contribution in [2.75, 3.05) is 33.4 Å². The lowest BCUT2D eigenvalue weighted by molar-refractivity contribution is -0.128. The summed E-state index contributed by atoms with van der Waals surface area (Å²) in [6.07, 6.45) is 4.09. The highest BCUT2D eigenvalue weighted by Gasteiger charge is 2.27. The van der Waals surface area contributed by atoms with Crippen LogP contribution in [0.4, 0.5) is 0 Å². The highest BCUT2D eigenvalue weighted by molar-refractivity contribution is 7.88. The third-order valence-corrected chi connectivity index (χ3v) is 5.46. The molecule has 0 bridgehead atoms. The van der Waals surface area contributed by atoms with Gasteiger partial charge in [-0.15, -0.1) is 0 Å². The van der Waals surface area contributed by atoms with Gasteiger partial charge >= 0.3 is 0 Å². The van der Waals surface area contributed by atoms with Gasteiger partial charge in [-0.1, -0.05) is 6.07 Å².